The number of hydrogen-bond acceptors (Lipinski definition) is 3. The number of carboxylic acid groups (broad SMARTS) is 1. The molecule has 0 spiro atoms. The fourth-order valence-electron chi connectivity index (χ4n) is 2.82. The van der Waals surface area contributed by atoms with Crippen LogP contribution in [0.15, 0.2) is 10.9 Å². The maximum atomic E-state index is 12.4. The Morgan fingerprint density at radius 3 is 2.71 bits per heavy atom. The minimum Gasteiger partial charge on any atom is -0.477 e. The van der Waals surface area contributed by atoms with Gasteiger partial charge in [0.25, 0.3) is 5.56 Å². The number of aromatic carboxylic acids is 1. The molecule has 1 aliphatic rings. The fourth-order valence-corrected chi connectivity index (χ4v) is 2.82. The van der Waals surface area contributed by atoms with Crippen LogP contribution in [0.5, 0.6) is 0 Å². The van der Waals surface area contributed by atoms with Crippen LogP contribution in [0.25, 0.3) is 0 Å². The number of carboxylic acids is 1. The van der Waals surface area contributed by atoms with Crippen LogP contribution in [-0.2, 0) is 19.5 Å². The first-order chi connectivity index (χ1) is 9.93. The monoisotopic (exact) mass is 292 g/mol. The smallest absolute Gasteiger partial charge is 0.341 e. The first-order valence-electron chi connectivity index (χ1n) is 7.65. The predicted octanol–water partition coefficient (Wildman–Crippen LogP) is 1.97. The summed E-state index contributed by atoms with van der Waals surface area (Å²) in [6.45, 7) is 9.51. The van der Waals surface area contributed by atoms with Gasteiger partial charge < -0.3 is 9.67 Å². The van der Waals surface area contributed by atoms with Gasteiger partial charge >= 0.3 is 5.97 Å². The second-order valence-corrected chi connectivity index (χ2v) is 6.09. The lowest BCUT2D eigenvalue weighted by Crippen LogP contribution is -2.37. The van der Waals surface area contributed by atoms with Gasteiger partial charge in [0.1, 0.15) is 5.56 Å². The topological polar surface area (TPSA) is 62.5 Å². The zero-order chi connectivity index (χ0) is 15.6. The van der Waals surface area contributed by atoms with E-state index in [4.69, 9.17) is 0 Å². The Morgan fingerprint density at radius 2 is 2.14 bits per heavy atom. The number of rotatable bonds is 5. The van der Waals surface area contributed by atoms with E-state index in [1.165, 1.54) is 0 Å². The molecule has 0 atom stereocenters. The zero-order valence-corrected chi connectivity index (χ0v) is 13.1. The Hall–Kier alpha value is -1.62. The van der Waals surface area contributed by atoms with E-state index in [2.05, 4.69) is 25.7 Å². The average molecular weight is 292 g/mol. The molecule has 21 heavy (non-hydrogen) atoms. The highest BCUT2D eigenvalue weighted by atomic mass is 16.4. The van der Waals surface area contributed by atoms with Gasteiger partial charge in [-0.1, -0.05) is 20.8 Å². The molecule has 0 bridgehead atoms. The molecule has 116 valence electrons. The summed E-state index contributed by atoms with van der Waals surface area (Å²) in [5.41, 5.74) is 1.56. The molecule has 0 aliphatic carbocycles. The molecule has 0 unspecified atom stereocenters. The molecule has 1 aliphatic heterocycles. The Balaban J connectivity index is 2.48. The van der Waals surface area contributed by atoms with Crippen molar-refractivity contribution in [3.05, 3.63) is 33.2 Å². The molecule has 0 amide bonds. The third kappa shape index (κ3) is 3.35. The molecule has 0 aromatic carbocycles. The Morgan fingerprint density at radius 1 is 1.43 bits per heavy atom. The quantitative estimate of drug-likeness (QED) is 0.901. The van der Waals surface area contributed by atoms with E-state index in [0.29, 0.717) is 12.5 Å². The molecule has 5 heteroatoms. The lowest BCUT2D eigenvalue weighted by molar-refractivity contribution is 0.0693. The largest absolute Gasteiger partial charge is 0.477 e. The normalized spacial score (nSPS) is 15.2. The summed E-state index contributed by atoms with van der Waals surface area (Å²) in [4.78, 5) is 26.0. The van der Waals surface area contributed by atoms with Crippen LogP contribution in [0, 0.1) is 5.92 Å². The summed E-state index contributed by atoms with van der Waals surface area (Å²) in [6.07, 6.45) is 1.70. The molecule has 0 fully saturated rings. The molecule has 0 radical (unpaired) electrons. The molecule has 5 nitrogen and oxygen atoms in total. The van der Waals surface area contributed by atoms with E-state index < -0.39 is 5.97 Å². The van der Waals surface area contributed by atoms with E-state index in [-0.39, 0.29) is 11.1 Å². The summed E-state index contributed by atoms with van der Waals surface area (Å²) >= 11 is 0. The highest BCUT2D eigenvalue weighted by Gasteiger charge is 2.23. The van der Waals surface area contributed by atoms with Crippen molar-refractivity contribution < 1.29 is 9.90 Å². The lowest BCUT2D eigenvalue weighted by atomic mass is 10.0. The van der Waals surface area contributed by atoms with Gasteiger partial charge in [-0.3, -0.25) is 9.69 Å². The SMILES string of the molecule is CCN1CCc2c(cc(C(=O)O)c(=O)n2CCC(C)C)C1. The zero-order valence-electron chi connectivity index (χ0n) is 13.1. The van der Waals surface area contributed by atoms with Gasteiger partial charge in [-0.25, -0.2) is 4.79 Å². The van der Waals surface area contributed by atoms with Crippen LogP contribution in [0.3, 0.4) is 0 Å². The fraction of sp³-hybridized carbons (Fsp3) is 0.625. The number of hydrogen-bond donors (Lipinski definition) is 1. The minimum absolute atomic E-state index is 0.101. The maximum Gasteiger partial charge on any atom is 0.341 e. The molecule has 1 N–H and O–H groups in total. The van der Waals surface area contributed by atoms with Crippen molar-refractivity contribution in [2.75, 3.05) is 13.1 Å². The molecule has 2 rings (SSSR count). The molecule has 0 saturated heterocycles. The molecular weight excluding hydrogens is 268 g/mol. The first-order valence-corrected chi connectivity index (χ1v) is 7.65. The second kappa shape index (κ2) is 6.43. The van der Waals surface area contributed by atoms with Crippen molar-refractivity contribution in [3.63, 3.8) is 0 Å². The third-order valence-corrected chi connectivity index (χ3v) is 4.16. The highest BCUT2D eigenvalue weighted by Crippen LogP contribution is 2.19. The maximum absolute atomic E-state index is 12.4. The average Bonchev–Trinajstić information content (AvgIpc) is 2.44. The number of aromatic nitrogens is 1. The van der Waals surface area contributed by atoms with Gasteiger partial charge in [0.15, 0.2) is 0 Å². The number of likely N-dealkylation sites (N-methyl/N-ethyl adjacent to an activating group) is 1. The summed E-state index contributed by atoms with van der Waals surface area (Å²) < 4.78 is 1.70. The predicted molar refractivity (Wildman–Crippen MR) is 81.8 cm³/mol. The van der Waals surface area contributed by atoms with Gasteiger partial charge in [-0.2, -0.15) is 0 Å². The van der Waals surface area contributed by atoms with E-state index >= 15 is 0 Å². The highest BCUT2D eigenvalue weighted by molar-refractivity contribution is 5.87. The Kier molecular flexibility index (Phi) is 4.83. The molecule has 0 saturated carbocycles. The van der Waals surface area contributed by atoms with Gasteiger partial charge in [-0.15, -0.1) is 0 Å². The first kappa shape index (κ1) is 15.8. The molecule has 1 aromatic rings. The molecule has 2 heterocycles. The van der Waals surface area contributed by atoms with Crippen molar-refractivity contribution in [2.45, 2.75) is 46.7 Å². The van der Waals surface area contributed by atoms with Crippen molar-refractivity contribution in [2.24, 2.45) is 5.92 Å². The van der Waals surface area contributed by atoms with Gasteiger partial charge in [-0.05, 0) is 30.5 Å². The van der Waals surface area contributed by atoms with E-state index in [1.807, 2.05) is 0 Å². The third-order valence-electron chi connectivity index (χ3n) is 4.16. The summed E-state index contributed by atoms with van der Waals surface area (Å²) in [5.74, 6) is -0.647. The number of pyridine rings is 1. The summed E-state index contributed by atoms with van der Waals surface area (Å²) in [7, 11) is 0. The van der Waals surface area contributed by atoms with Crippen LogP contribution in [0.4, 0.5) is 0 Å². The van der Waals surface area contributed by atoms with E-state index in [1.54, 1.807) is 10.6 Å². The van der Waals surface area contributed by atoms with Crippen LogP contribution < -0.4 is 5.56 Å². The van der Waals surface area contributed by atoms with Crippen molar-refractivity contribution in [1.82, 2.24) is 9.47 Å². The summed E-state index contributed by atoms with van der Waals surface area (Å²) in [6, 6.07) is 1.58. The second-order valence-electron chi connectivity index (χ2n) is 6.09. The number of fused-ring (bicyclic) bond motifs is 1. The van der Waals surface area contributed by atoms with Crippen LogP contribution >= 0.6 is 0 Å². The molecule has 1 aromatic heterocycles. The van der Waals surface area contributed by atoms with Crippen LogP contribution in [-0.4, -0.2) is 33.6 Å². The van der Waals surface area contributed by atoms with Gasteiger partial charge in [0.05, 0.1) is 0 Å². The van der Waals surface area contributed by atoms with E-state index in [0.717, 1.165) is 43.7 Å². The van der Waals surface area contributed by atoms with Crippen LogP contribution in [0.1, 0.15) is 48.8 Å². The van der Waals surface area contributed by atoms with Gasteiger partial charge in [0.2, 0.25) is 0 Å². The van der Waals surface area contributed by atoms with Gasteiger partial charge in [0, 0.05) is 31.7 Å². The van der Waals surface area contributed by atoms with E-state index in [9.17, 15) is 14.7 Å². The Bertz CT molecular complexity index is 590. The van der Waals surface area contributed by atoms with Crippen LogP contribution in [0.2, 0.25) is 0 Å². The van der Waals surface area contributed by atoms with Crippen molar-refractivity contribution >= 4 is 5.97 Å². The molecular formula is C16H24N2O3. The number of nitrogens with zero attached hydrogens (tertiary/aromatic N) is 2. The minimum atomic E-state index is -1.13. The number of carbonyl (C=O) groups is 1. The standard InChI is InChI=1S/C16H24N2O3/c1-4-17-7-6-14-12(10-17)9-13(16(20)21)15(19)18(14)8-5-11(2)3/h9,11H,4-8,10H2,1-3H3,(H,20,21). The summed E-state index contributed by atoms with van der Waals surface area (Å²) in [5, 5.41) is 9.27. The van der Waals surface area contributed by atoms with Crippen molar-refractivity contribution in [3.8, 4) is 0 Å². The Labute approximate surface area is 125 Å². The van der Waals surface area contributed by atoms with Crippen molar-refractivity contribution in [1.29, 1.82) is 0 Å². The lowest BCUT2D eigenvalue weighted by Gasteiger charge is -2.30.